The molecule has 2 aliphatic heterocycles. The van der Waals surface area contributed by atoms with Crippen LogP contribution in [0.2, 0.25) is 0 Å². The number of primary amides is 1. The Morgan fingerprint density at radius 2 is 2.00 bits per heavy atom. The maximum atomic E-state index is 11.8. The summed E-state index contributed by atoms with van der Waals surface area (Å²) >= 11 is 1.57. The van der Waals surface area contributed by atoms with Crippen LogP contribution in [0.3, 0.4) is 0 Å². The number of nitriles is 1. The van der Waals surface area contributed by atoms with Gasteiger partial charge >= 0.3 is 0 Å². The molecular weight excluding hydrogens is 384 g/mol. The fraction of sp³-hybridized carbons (Fsp3) is 0.476. The number of carbonyl (C=O) groups excluding carboxylic acids is 1. The molecule has 1 amide bonds. The lowest BCUT2D eigenvalue weighted by Gasteiger charge is -2.34. The highest BCUT2D eigenvalue weighted by Gasteiger charge is 2.35. The van der Waals surface area contributed by atoms with Gasteiger partial charge in [0.15, 0.2) is 5.13 Å². The summed E-state index contributed by atoms with van der Waals surface area (Å²) in [6.07, 6.45) is 0.792. The predicted molar refractivity (Wildman–Crippen MR) is 116 cm³/mol. The van der Waals surface area contributed by atoms with Crippen LogP contribution in [-0.4, -0.2) is 61.1 Å². The number of aromatic nitrogens is 1. The number of hydrogen-bond acceptors (Lipinski definition) is 7. The molecule has 7 nitrogen and oxygen atoms in total. The first-order chi connectivity index (χ1) is 14.0. The first kappa shape index (κ1) is 19.7. The fourth-order valence-electron chi connectivity index (χ4n) is 4.16. The van der Waals surface area contributed by atoms with E-state index in [9.17, 15) is 4.79 Å². The summed E-state index contributed by atoms with van der Waals surface area (Å²) in [5.74, 6) is 0.165. The molecule has 152 valence electrons. The van der Waals surface area contributed by atoms with Gasteiger partial charge in [-0.25, -0.2) is 4.98 Å². The highest BCUT2D eigenvalue weighted by molar-refractivity contribution is 7.14. The van der Waals surface area contributed by atoms with E-state index >= 15 is 0 Å². The molecule has 4 rings (SSSR count). The average molecular weight is 411 g/mol. The zero-order valence-corrected chi connectivity index (χ0v) is 17.4. The molecule has 0 radical (unpaired) electrons. The molecule has 0 unspecified atom stereocenters. The van der Waals surface area contributed by atoms with Gasteiger partial charge in [0.25, 0.3) is 0 Å². The van der Waals surface area contributed by atoms with E-state index in [1.165, 1.54) is 5.69 Å². The molecule has 2 N–H and O–H groups in total. The Labute approximate surface area is 175 Å². The van der Waals surface area contributed by atoms with Crippen molar-refractivity contribution in [2.45, 2.75) is 19.4 Å². The van der Waals surface area contributed by atoms with Crippen molar-refractivity contribution >= 4 is 28.1 Å². The summed E-state index contributed by atoms with van der Waals surface area (Å²) in [7, 11) is 0. The van der Waals surface area contributed by atoms with Crippen LogP contribution in [0.15, 0.2) is 29.6 Å². The standard InChI is InChI=1S/C21H26N6OS/c1-15-12-19(20(23)28)27(13-15)21-24-18(14-29-21)16-2-4-17(5-3-16)26-10-8-25(7-6-22)9-11-26/h2-5,14-15,19H,7-13H2,1H3,(H2,23,28)/t15-,19-/m0/s1. The van der Waals surface area contributed by atoms with Gasteiger partial charge in [0.05, 0.1) is 18.3 Å². The van der Waals surface area contributed by atoms with Crippen molar-refractivity contribution in [3.8, 4) is 17.3 Å². The monoisotopic (exact) mass is 410 g/mol. The zero-order chi connectivity index (χ0) is 20.4. The van der Waals surface area contributed by atoms with Crippen LogP contribution < -0.4 is 15.5 Å². The van der Waals surface area contributed by atoms with Gasteiger partial charge in [-0.15, -0.1) is 11.3 Å². The largest absolute Gasteiger partial charge is 0.369 e. The molecule has 2 atom stereocenters. The summed E-state index contributed by atoms with van der Waals surface area (Å²) in [5, 5.41) is 11.7. The summed E-state index contributed by atoms with van der Waals surface area (Å²) in [5.41, 5.74) is 8.79. The van der Waals surface area contributed by atoms with Crippen molar-refractivity contribution in [3.63, 3.8) is 0 Å². The fourth-order valence-corrected chi connectivity index (χ4v) is 5.06. The van der Waals surface area contributed by atoms with Crippen LogP contribution in [-0.2, 0) is 4.79 Å². The molecule has 3 heterocycles. The van der Waals surface area contributed by atoms with Gasteiger partial charge in [-0.1, -0.05) is 19.1 Å². The second-order valence-corrected chi connectivity index (χ2v) is 8.73. The molecule has 2 aromatic rings. The van der Waals surface area contributed by atoms with E-state index in [-0.39, 0.29) is 11.9 Å². The van der Waals surface area contributed by atoms with Crippen molar-refractivity contribution in [1.29, 1.82) is 5.26 Å². The summed E-state index contributed by atoms with van der Waals surface area (Å²) in [6.45, 7) is 7.17. The number of hydrogen-bond donors (Lipinski definition) is 1. The van der Waals surface area contributed by atoms with Crippen molar-refractivity contribution in [2.24, 2.45) is 11.7 Å². The SMILES string of the molecule is C[C@H]1C[C@@H](C(N)=O)N(c2nc(-c3ccc(N4CCN(CC#N)CC4)cc3)cs2)C1. The first-order valence-corrected chi connectivity index (χ1v) is 10.9. The number of amides is 1. The van der Waals surface area contributed by atoms with Crippen LogP contribution in [0.25, 0.3) is 11.3 Å². The van der Waals surface area contributed by atoms with Gasteiger partial charge in [0.2, 0.25) is 5.91 Å². The van der Waals surface area contributed by atoms with E-state index in [2.05, 4.69) is 52.0 Å². The van der Waals surface area contributed by atoms with Gasteiger partial charge in [-0.3, -0.25) is 9.69 Å². The third-order valence-electron chi connectivity index (χ3n) is 5.77. The number of rotatable bonds is 5. The van der Waals surface area contributed by atoms with Crippen molar-refractivity contribution in [2.75, 3.05) is 49.1 Å². The topological polar surface area (TPSA) is 89.5 Å². The van der Waals surface area contributed by atoms with Crippen molar-refractivity contribution in [1.82, 2.24) is 9.88 Å². The van der Waals surface area contributed by atoms with Gasteiger partial charge in [-0.2, -0.15) is 5.26 Å². The molecule has 1 aromatic carbocycles. The predicted octanol–water partition coefficient (Wildman–Crippen LogP) is 2.16. The summed E-state index contributed by atoms with van der Waals surface area (Å²) in [4.78, 5) is 23.2. The number of nitrogens with zero attached hydrogens (tertiary/aromatic N) is 5. The molecule has 8 heteroatoms. The minimum atomic E-state index is -0.273. The van der Waals surface area contributed by atoms with E-state index in [0.717, 1.165) is 55.5 Å². The van der Waals surface area contributed by atoms with Crippen LogP contribution >= 0.6 is 11.3 Å². The lowest BCUT2D eigenvalue weighted by molar-refractivity contribution is -0.119. The third kappa shape index (κ3) is 4.21. The average Bonchev–Trinajstić information content (AvgIpc) is 3.36. The number of piperazine rings is 1. The van der Waals surface area contributed by atoms with Gasteiger partial charge < -0.3 is 15.5 Å². The zero-order valence-electron chi connectivity index (χ0n) is 16.6. The van der Waals surface area contributed by atoms with Crippen molar-refractivity contribution in [3.05, 3.63) is 29.6 Å². The van der Waals surface area contributed by atoms with Crippen LogP contribution in [0.1, 0.15) is 13.3 Å². The lowest BCUT2D eigenvalue weighted by Crippen LogP contribution is -2.46. The maximum Gasteiger partial charge on any atom is 0.240 e. The summed E-state index contributed by atoms with van der Waals surface area (Å²) in [6, 6.07) is 10.5. The van der Waals surface area contributed by atoms with E-state index in [0.29, 0.717) is 12.5 Å². The Kier molecular flexibility index (Phi) is 5.69. The van der Waals surface area contributed by atoms with E-state index in [1.807, 2.05) is 5.38 Å². The number of benzene rings is 1. The number of anilines is 2. The smallest absolute Gasteiger partial charge is 0.240 e. The van der Waals surface area contributed by atoms with Crippen molar-refractivity contribution < 1.29 is 4.79 Å². The maximum absolute atomic E-state index is 11.8. The Morgan fingerprint density at radius 3 is 2.66 bits per heavy atom. The molecule has 0 bridgehead atoms. The molecule has 1 aromatic heterocycles. The second kappa shape index (κ2) is 8.39. The Morgan fingerprint density at radius 1 is 1.28 bits per heavy atom. The Bertz CT molecular complexity index is 897. The third-order valence-corrected chi connectivity index (χ3v) is 6.65. The molecule has 0 saturated carbocycles. The Hall–Kier alpha value is -2.63. The number of thiazole rings is 1. The van der Waals surface area contributed by atoms with Crippen LogP contribution in [0.4, 0.5) is 10.8 Å². The summed E-state index contributed by atoms with van der Waals surface area (Å²) < 4.78 is 0. The van der Waals surface area contributed by atoms with E-state index in [4.69, 9.17) is 16.0 Å². The second-order valence-electron chi connectivity index (χ2n) is 7.89. The van der Waals surface area contributed by atoms with Gasteiger partial charge in [0.1, 0.15) is 6.04 Å². The molecule has 2 aliphatic rings. The molecule has 0 spiro atoms. The number of nitrogens with two attached hydrogens (primary N) is 1. The van der Waals surface area contributed by atoms with Crippen LogP contribution in [0, 0.1) is 17.2 Å². The molecule has 2 fully saturated rings. The lowest BCUT2D eigenvalue weighted by atomic mass is 10.1. The number of carbonyl (C=O) groups is 1. The molecular formula is C21H26N6OS. The quantitative estimate of drug-likeness (QED) is 0.760. The van der Waals surface area contributed by atoms with Gasteiger partial charge in [-0.05, 0) is 24.5 Å². The minimum Gasteiger partial charge on any atom is -0.369 e. The van der Waals surface area contributed by atoms with E-state index in [1.54, 1.807) is 11.3 Å². The molecule has 0 aliphatic carbocycles. The van der Waals surface area contributed by atoms with E-state index < -0.39 is 0 Å². The first-order valence-electron chi connectivity index (χ1n) is 10.0. The highest BCUT2D eigenvalue weighted by atomic mass is 32.1. The normalized spacial score (nSPS) is 22.6. The highest BCUT2D eigenvalue weighted by Crippen LogP contribution is 2.34. The Balaban J connectivity index is 1.44. The van der Waals surface area contributed by atoms with Crippen LogP contribution in [0.5, 0.6) is 0 Å². The van der Waals surface area contributed by atoms with Gasteiger partial charge in [0, 0.05) is 49.4 Å². The molecule has 29 heavy (non-hydrogen) atoms. The molecule has 2 saturated heterocycles. The minimum absolute atomic E-state index is 0.258.